The number of ether oxygens (including phenoxy) is 1. The van der Waals surface area contributed by atoms with Gasteiger partial charge >= 0.3 is 5.97 Å². The van der Waals surface area contributed by atoms with E-state index in [2.05, 4.69) is 32.0 Å². The fourth-order valence-electron chi connectivity index (χ4n) is 3.08. The van der Waals surface area contributed by atoms with Gasteiger partial charge in [-0.2, -0.15) is 0 Å². The molecule has 0 saturated heterocycles. The van der Waals surface area contributed by atoms with Gasteiger partial charge in [-0.1, -0.05) is 37.6 Å². The van der Waals surface area contributed by atoms with Crippen LogP contribution in [0.15, 0.2) is 24.3 Å². The maximum Gasteiger partial charge on any atom is 0.312 e. The molecular weight excluding hydrogens is 260 g/mol. The van der Waals surface area contributed by atoms with Crippen molar-refractivity contribution in [3.05, 3.63) is 35.4 Å². The van der Waals surface area contributed by atoms with Crippen molar-refractivity contribution in [2.75, 3.05) is 0 Å². The van der Waals surface area contributed by atoms with E-state index in [-0.39, 0.29) is 5.97 Å². The highest BCUT2D eigenvalue weighted by Gasteiger charge is 2.37. The number of fused-ring (bicyclic) bond motifs is 1. The summed E-state index contributed by atoms with van der Waals surface area (Å²) in [6.07, 6.45) is 4.26. The molecule has 1 aliphatic carbocycles. The van der Waals surface area contributed by atoms with Crippen molar-refractivity contribution in [1.82, 2.24) is 0 Å². The number of esters is 1. The second-order valence-electron chi connectivity index (χ2n) is 7.73. The first kappa shape index (κ1) is 16.1. The van der Waals surface area contributed by atoms with Gasteiger partial charge in [0.25, 0.3) is 0 Å². The van der Waals surface area contributed by atoms with E-state index in [0.29, 0.717) is 5.92 Å². The molecule has 0 spiro atoms. The minimum absolute atomic E-state index is 0.117. The Bertz CT molecular complexity index is 513. The van der Waals surface area contributed by atoms with Gasteiger partial charge in [-0.3, -0.25) is 4.79 Å². The van der Waals surface area contributed by atoms with Crippen LogP contribution < -0.4 is 0 Å². The summed E-state index contributed by atoms with van der Waals surface area (Å²) in [7, 11) is 0. The standard InChI is InChI=1S/C19H28O2/c1-14-9-8-12-19(5,21-17(20)18(2,3)4)16-11-7-6-10-15(16)13-14/h6-7,10-11,14H,8-9,12-13H2,1-5H3. The quantitative estimate of drug-likeness (QED) is 0.690. The molecule has 0 fully saturated rings. The molecule has 0 bridgehead atoms. The van der Waals surface area contributed by atoms with Gasteiger partial charge in [-0.05, 0) is 64.0 Å². The number of benzene rings is 1. The molecule has 2 unspecified atom stereocenters. The van der Waals surface area contributed by atoms with Crippen LogP contribution in [0.2, 0.25) is 0 Å². The average molecular weight is 288 g/mol. The van der Waals surface area contributed by atoms with Crippen molar-refractivity contribution in [2.45, 2.75) is 65.9 Å². The molecule has 0 radical (unpaired) electrons. The molecule has 0 N–H and O–H groups in total. The van der Waals surface area contributed by atoms with Gasteiger partial charge in [0.05, 0.1) is 5.41 Å². The molecular formula is C19H28O2. The van der Waals surface area contributed by atoms with Crippen molar-refractivity contribution in [1.29, 1.82) is 0 Å². The Balaban J connectivity index is 2.38. The summed E-state index contributed by atoms with van der Waals surface area (Å²) in [4.78, 5) is 12.4. The predicted octanol–water partition coefficient (Wildman–Crippen LogP) is 4.85. The number of rotatable bonds is 1. The molecule has 0 amide bonds. The second-order valence-corrected chi connectivity index (χ2v) is 7.73. The summed E-state index contributed by atoms with van der Waals surface area (Å²) in [5, 5.41) is 0. The van der Waals surface area contributed by atoms with E-state index in [0.717, 1.165) is 19.3 Å². The number of carbonyl (C=O) groups excluding carboxylic acids is 1. The molecule has 2 rings (SSSR count). The first-order valence-corrected chi connectivity index (χ1v) is 8.04. The van der Waals surface area contributed by atoms with Gasteiger partial charge in [0.2, 0.25) is 0 Å². The third-order valence-corrected chi connectivity index (χ3v) is 4.44. The lowest BCUT2D eigenvalue weighted by molar-refractivity contribution is -0.170. The lowest BCUT2D eigenvalue weighted by Crippen LogP contribution is -2.36. The van der Waals surface area contributed by atoms with Crippen molar-refractivity contribution in [3.8, 4) is 0 Å². The summed E-state index contributed by atoms with van der Waals surface area (Å²) in [6.45, 7) is 10.1. The molecule has 0 heterocycles. The molecule has 1 aromatic rings. The summed E-state index contributed by atoms with van der Waals surface area (Å²) < 4.78 is 6.00. The van der Waals surface area contributed by atoms with Crippen LogP contribution in [0.1, 0.15) is 65.0 Å². The van der Waals surface area contributed by atoms with Crippen molar-refractivity contribution >= 4 is 5.97 Å². The van der Waals surface area contributed by atoms with Crippen LogP contribution in [-0.4, -0.2) is 5.97 Å². The Kier molecular flexibility index (Phi) is 4.46. The zero-order valence-corrected chi connectivity index (χ0v) is 14.0. The lowest BCUT2D eigenvalue weighted by atomic mass is 9.79. The Morgan fingerprint density at radius 1 is 1.29 bits per heavy atom. The zero-order chi connectivity index (χ0) is 15.7. The summed E-state index contributed by atoms with van der Waals surface area (Å²) in [5.41, 5.74) is 1.55. The fraction of sp³-hybridized carbons (Fsp3) is 0.632. The van der Waals surface area contributed by atoms with Crippen molar-refractivity contribution < 1.29 is 9.53 Å². The molecule has 0 saturated carbocycles. The van der Waals surface area contributed by atoms with Gasteiger partial charge in [-0.15, -0.1) is 0 Å². The summed E-state index contributed by atoms with van der Waals surface area (Å²) in [5.74, 6) is 0.572. The van der Waals surface area contributed by atoms with Crippen molar-refractivity contribution in [3.63, 3.8) is 0 Å². The third-order valence-electron chi connectivity index (χ3n) is 4.44. The molecule has 0 aromatic heterocycles. The average Bonchev–Trinajstić information content (AvgIpc) is 2.36. The highest BCUT2D eigenvalue weighted by atomic mass is 16.6. The Morgan fingerprint density at radius 3 is 2.62 bits per heavy atom. The topological polar surface area (TPSA) is 26.3 Å². The van der Waals surface area contributed by atoms with Crippen LogP contribution >= 0.6 is 0 Å². The minimum Gasteiger partial charge on any atom is -0.454 e. The molecule has 116 valence electrons. The van der Waals surface area contributed by atoms with E-state index in [9.17, 15) is 4.79 Å². The van der Waals surface area contributed by atoms with E-state index in [1.807, 2.05) is 26.8 Å². The number of hydrogen-bond donors (Lipinski definition) is 0. The van der Waals surface area contributed by atoms with Gasteiger partial charge < -0.3 is 4.74 Å². The fourth-order valence-corrected chi connectivity index (χ4v) is 3.08. The molecule has 0 aliphatic heterocycles. The van der Waals surface area contributed by atoms with Crippen molar-refractivity contribution in [2.24, 2.45) is 11.3 Å². The van der Waals surface area contributed by atoms with Crippen LogP contribution in [0.5, 0.6) is 0 Å². The van der Waals surface area contributed by atoms with E-state index >= 15 is 0 Å². The van der Waals surface area contributed by atoms with E-state index in [4.69, 9.17) is 4.74 Å². The molecule has 2 nitrogen and oxygen atoms in total. The maximum absolute atomic E-state index is 12.4. The molecule has 1 aromatic carbocycles. The summed E-state index contributed by atoms with van der Waals surface area (Å²) in [6, 6.07) is 8.44. The lowest BCUT2D eigenvalue weighted by Gasteiger charge is -2.36. The van der Waals surface area contributed by atoms with Gasteiger partial charge in [0.15, 0.2) is 0 Å². The van der Waals surface area contributed by atoms with Crippen LogP contribution in [0.25, 0.3) is 0 Å². The van der Waals surface area contributed by atoms with E-state index in [1.54, 1.807) is 0 Å². The van der Waals surface area contributed by atoms with Crippen LogP contribution in [0.4, 0.5) is 0 Å². The van der Waals surface area contributed by atoms with Crippen LogP contribution in [-0.2, 0) is 21.6 Å². The molecule has 1 aliphatic rings. The molecule has 21 heavy (non-hydrogen) atoms. The highest BCUT2D eigenvalue weighted by molar-refractivity contribution is 5.76. The normalized spacial score (nSPS) is 26.4. The minimum atomic E-state index is -0.499. The maximum atomic E-state index is 12.4. The highest BCUT2D eigenvalue weighted by Crippen LogP contribution is 2.39. The molecule has 2 atom stereocenters. The Hall–Kier alpha value is -1.31. The number of hydrogen-bond acceptors (Lipinski definition) is 2. The number of carbonyl (C=O) groups is 1. The zero-order valence-electron chi connectivity index (χ0n) is 14.0. The Morgan fingerprint density at radius 2 is 1.95 bits per heavy atom. The van der Waals surface area contributed by atoms with Gasteiger partial charge in [-0.25, -0.2) is 0 Å². The smallest absolute Gasteiger partial charge is 0.312 e. The monoisotopic (exact) mass is 288 g/mol. The second kappa shape index (κ2) is 5.82. The van der Waals surface area contributed by atoms with Crippen LogP contribution in [0.3, 0.4) is 0 Å². The summed E-state index contributed by atoms with van der Waals surface area (Å²) >= 11 is 0. The SMILES string of the molecule is CC1CCCC(C)(OC(=O)C(C)(C)C)c2ccccc2C1. The first-order valence-electron chi connectivity index (χ1n) is 8.04. The Labute approximate surface area is 128 Å². The first-order chi connectivity index (χ1) is 9.72. The van der Waals surface area contributed by atoms with Gasteiger partial charge in [0, 0.05) is 0 Å². The van der Waals surface area contributed by atoms with E-state index < -0.39 is 11.0 Å². The van der Waals surface area contributed by atoms with E-state index in [1.165, 1.54) is 17.5 Å². The van der Waals surface area contributed by atoms with Crippen LogP contribution in [0, 0.1) is 11.3 Å². The van der Waals surface area contributed by atoms with Gasteiger partial charge in [0.1, 0.15) is 5.60 Å². The third kappa shape index (κ3) is 3.66. The predicted molar refractivity (Wildman–Crippen MR) is 86.1 cm³/mol. The molecule has 2 heteroatoms. The largest absolute Gasteiger partial charge is 0.454 e.